The lowest BCUT2D eigenvalue weighted by molar-refractivity contribution is -0.138. The highest BCUT2D eigenvalue weighted by molar-refractivity contribution is 5.77. The Morgan fingerprint density at radius 1 is 1.50 bits per heavy atom. The van der Waals surface area contributed by atoms with E-state index in [1.165, 1.54) is 12.5 Å². The van der Waals surface area contributed by atoms with E-state index in [1.807, 2.05) is 0 Å². The molecule has 0 bridgehead atoms. The molecule has 2 heterocycles. The summed E-state index contributed by atoms with van der Waals surface area (Å²) in [6, 6.07) is -1.06. The predicted octanol–water partition coefficient (Wildman–Crippen LogP) is 0.161. The number of carboxylic acid groups (broad SMARTS) is 1. The summed E-state index contributed by atoms with van der Waals surface area (Å²) in [6.07, 6.45) is 5.11. The molecule has 1 atom stereocenters. The molecule has 0 aromatic carbocycles. The number of hydrogen-bond acceptors (Lipinski definition) is 5. The van der Waals surface area contributed by atoms with Crippen LogP contribution in [0, 0.1) is 0 Å². The zero-order valence-electron chi connectivity index (χ0n) is 8.83. The van der Waals surface area contributed by atoms with Crippen LogP contribution in [0.5, 0.6) is 0 Å². The highest BCUT2D eigenvalue weighted by atomic mass is 16.4. The van der Waals surface area contributed by atoms with Crippen molar-refractivity contribution in [2.75, 3.05) is 18.0 Å². The molecule has 0 amide bonds. The molecular formula is C10H14N4O2. The maximum atomic E-state index is 10.9. The maximum absolute atomic E-state index is 10.9. The molecule has 1 aliphatic rings. The predicted molar refractivity (Wildman–Crippen MR) is 58.0 cm³/mol. The molecule has 6 nitrogen and oxygen atoms in total. The SMILES string of the molecule is NC(C(=O)O)c1cncnc1N1CCCC1. The van der Waals surface area contributed by atoms with Gasteiger partial charge >= 0.3 is 5.97 Å². The van der Waals surface area contributed by atoms with Crippen LogP contribution in [-0.4, -0.2) is 34.1 Å². The lowest BCUT2D eigenvalue weighted by atomic mass is 10.1. The third kappa shape index (κ3) is 1.96. The Bertz CT molecular complexity index is 390. The number of nitrogens with two attached hydrogens (primary N) is 1. The van der Waals surface area contributed by atoms with Crippen molar-refractivity contribution in [1.82, 2.24) is 9.97 Å². The summed E-state index contributed by atoms with van der Waals surface area (Å²) in [6.45, 7) is 1.80. The second-order valence-corrected chi connectivity index (χ2v) is 3.81. The largest absolute Gasteiger partial charge is 0.480 e. The normalized spacial score (nSPS) is 17.4. The summed E-state index contributed by atoms with van der Waals surface area (Å²) in [7, 11) is 0. The molecule has 1 fully saturated rings. The minimum absolute atomic E-state index is 0.483. The first kappa shape index (κ1) is 10.8. The third-order valence-corrected chi connectivity index (χ3v) is 2.73. The third-order valence-electron chi connectivity index (χ3n) is 2.73. The molecule has 2 rings (SSSR count). The number of rotatable bonds is 3. The Balaban J connectivity index is 2.33. The number of carboxylic acids is 1. The molecule has 6 heteroatoms. The van der Waals surface area contributed by atoms with Gasteiger partial charge in [-0.25, -0.2) is 9.97 Å². The van der Waals surface area contributed by atoms with Crippen LogP contribution in [0.25, 0.3) is 0 Å². The van der Waals surface area contributed by atoms with Gasteiger partial charge in [0.05, 0.1) is 0 Å². The second-order valence-electron chi connectivity index (χ2n) is 3.81. The van der Waals surface area contributed by atoms with Crippen molar-refractivity contribution in [2.24, 2.45) is 5.73 Å². The maximum Gasteiger partial charge on any atom is 0.325 e. The number of aliphatic carboxylic acids is 1. The van der Waals surface area contributed by atoms with Crippen molar-refractivity contribution >= 4 is 11.8 Å². The van der Waals surface area contributed by atoms with E-state index in [-0.39, 0.29) is 0 Å². The number of carbonyl (C=O) groups is 1. The molecule has 0 radical (unpaired) electrons. The van der Waals surface area contributed by atoms with Crippen molar-refractivity contribution in [3.05, 3.63) is 18.1 Å². The first-order valence-corrected chi connectivity index (χ1v) is 5.23. The van der Waals surface area contributed by atoms with Gasteiger partial charge in [-0.3, -0.25) is 4.79 Å². The molecular weight excluding hydrogens is 208 g/mol. The monoisotopic (exact) mass is 222 g/mol. The molecule has 0 aliphatic carbocycles. The van der Waals surface area contributed by atoms with Crippen LogP contribution < -0.4 is 10.6 Å². The average molecular weight is 222 g/mol. The van der Waals surface area contributed by atoms with Gasteiger partial charge in [-0.15, -0.1) is 0 Å². The van der Waals surface area contributed by atoms with Crippen LogP contribution >= 0.6 is 0 Å². The quantitative estimate of drug-likeness (QED) is 0.756. The minimum atomic E-state index is -1.06. The van der Waals surface area contributed by atoms with Crippen molar-refractivity contribution in [1.29, 1.82) is 0 Å². The Kier molecular flexibility index (Phi) is 3.00. The fourth-order valence-electron chi connectivity index (χ4n) is 1.88. The Labute approximate surface area is 93.1 Å². The number of aromatic nitrogens is 2. The van der Waals surface area contributed by atoms with E-state index in [0.717, 1.165) is 25.9 Å². The van der Waals surface area contributed by atoms with E-state index in [4.69, 9.17) is 10.8 Å². The molecule has 1 aromatic rings. The van der Waals surface area contributed by atoms with Crippen LogP contribution in [0.15, 0.2) is 12.5 Å². The first-order valence-electron chi connectivity index (χ1n) is 5.23. The smallest absolute Gasteiger partial charge is 0.325 e. The summed E-state index contributed by atoms with van der Waals surface area (Å²) < 4.78 is 0. The molecule has 16 heavy (non-hydrogen) atoms. The number of anilines is 1. The van der Waals surface area contributed by atoms with E-state index >= 15 is 0 Å². The van der Waals surface area contributed by atoms with Crippen molar-refractivity contribution in [2.45, 2.75) is 18.9 Å². The lowest BCUT2D eigenvalue weighted by Gasteiger charge is -2.20. The van der Waals surface area contributed by atoms with E-state index in [2.05, 4.69) is 14.9 Å². The van der Waals surface area contributed by atoms with Crippen LogP contribution in [0.3, 0.4) is 0 Å². The van der Waals surface area contributed by atoms with Gasteiger partial charge in [-0.2, -0.15) is 0 Å². The van der Waals surface area contributed by atoms with Gasteiger partial charge in [0.2, 0.25) is 0 Å². The fraction of sp³-hybridized carbons (Fsp3) is 0.500. The van der Waals surface area contributed by atoms with Gasteiger partial charge in [0, 0.05) is 24.8 Å². The van der Waals surface area contributed by atoms with E-state index < -0.39 is 12.0 Å². The molecule has 3 N–H and O–H groups in total. The fourth-order valence-corrected chi connectivity index (χ4v) is 1.88. The van der Waals surface area contributed by atoms with E-state index in [9.17, 15) is 4.79 Å². The Hall–Kier alpha value is -1.69. The Morgan fingerprint density at radius 2 is 2.19 bits per heavy atom. The van der Waals surface area contributed by atoms with Crippen molar-refractivity contribution in [3.8, 4) is 0 Å². The molecule has 86 valence electrons. The zero-order chi connectivity index (χ0) is 11.5. The minimum Gasteiger partial charge on any atom is -0.480 e. The zero-order valence-corrected chi connectivity index (χ0v) is 8.83. The summed E-state index contributed by atoms with van der Waals surface area (Å²) in [5.74, 6) is -0.405. The standard InChI is InChI=1S/C10H14N4O2/c11-8(10(15)16)7-5-12-6-13-9(7)14-3-1-2-4-14/h5-6,8H,1-4,11H2,(H,15,16). The number of hydrogen-bond donors (Lipinski definition) is 2. The van der Waals surface area contributed by atoms with Gasteiger partial charge < -0.3 is 15.7 Å². The van der Waals surface area contributed by atoms with Gasteiger partial charge in [0.1, 0.15) is 18.2 Å². The van der Waals surface area contributed by atoms with E-state index in [0.29, 0.717) is 11.4 Å². The summed E-state index contributed by atoms with van der Waals surface area (Å²) in [4.78, 5) is 20.9. The summed E-state index contributed by atoms with van der Waals surface area (Å²) >= 11 is 0. The van der Waals surface area contributed by atoms with Gasteiger partial charge in [-0.1, -0.05) is 0 Å². The topological polar surface area (TPSA) is 92.3 Å². The molecule has 1 aliphatic heterocycles. The van der Waals surface area contributed by atoms with Crippen molar-refractivity contribution < 1.29 is 9.90 Å². The molecule has 1 aromatic heterocycles. The Morgan fingerprint density at radius 3 is 2.81 bits per heavy atom. The van der Waals surface area contributed by atoms with E-state index in [1.54, 1.807) is 0 Å². The van der Waals surface area contributed by atoms with Crippen LogP contribution in [0.4, 0.5) is 5.82 Å². The summed E-state index contributed by atoms with van der Waals surface area (Å²) in [5.41, 5.74) is 6.08. The number of nitrogens with zero attached hydrogens (tertiary/aromatic N) is 3. The molecule has 0 spiro atoms. The second kappa shape index (κ2) is 4.44. The molecule has 1 unspecified atom stereocenters. The first-order chi connectivity index (χ1) is 7.70. The van der Waals surface area contributed by atoms with Crippen LogP contribution in [0.1, 0.15) is 24.4 Å². The van der Waals surface area contributed by atoms with Crippen molar-refractivity contribution in [3.63, 3.8) is 0 Å². The van der Waals surface area contributed by atoms with Crippen LogP contribution in [-0.2, 0) is 4.79 Å². The lowest BCUT2D eigenvalue weighted by Crippen LogP contribution is -2.27. The summed E-state index contributed by atoms with van der Waals surface area (Å²) in [5, 5.41) is 8.90. The highest BCUT2D eigenvalue weighted by Gasteiger charge is 2.24. The van der Waals surface area contributed by atoms with Crippen LogP contribution in [0.2, 0.25) is 0 Å². The van der Waals surface area contributed by atoms with Gasteiger partial charge in [-0.05, 0) is 12.8 Å². The average Bonchev–Trinajstić information content (AvgIpc) is 2.81. The van der Waals surface area contributed by atoms with Gasteiger partial charge in [0.15, 0.2) is 0 Å². The highest BCUT2D eigenvalue weighted by Crippen LogP contribution is 2.25. The molecule has 0 saturated carbocycles. The molecule has 1 saturated heterocycles. The van der Waals surface area contributed by atoms with Gasteiger partial charge in [0.25, 0.3) is 0 Å².